The Bertz CT molecular complexity index is 929. The average molecular weight is 421 g/mol. The topological polar surface area (TPSA) is 75.3 Å². The van der Waals surface area contributed by atoms with E-state index < -0.39 is 38.9 Å². The summed E-state index contributed by atoms with van der Waals surface area (Å²) >= 11 is 5.76. The molecule has 0 heterocycles. The third kappa shape index (κ3) is 5.86. The summed E-state index contributed by atoms with van der Waals surface area (Å²) in [5, 5.41) is 5.59. The minimum atomic E-state index is -4.84. The van der Waals surface area contributed by atoms with E-state index in [1.807, 2.05) is 0 Å². The largest absolute Gasteiger partial charge is 0.417 e. The normalized spacial score (nSPS) is 11.9. The number of carbonyl (C=O) groups is 1. The van der Waals surface area contributed by atoms with Gasteiger partial charge in [-0.15, -0.1) is 0 Å². The van der Waals surface area contributed by atoms with Crippen LogP contribution in [-0.4, -0.2) is 27.1 Å². The monoisotopic (exact) mass is 420 g/mol. The molecule has 2 N–H and O–H groups in total. The molecule has 2 aromatic carbocycles. The summed E-state index contributed by atoms with van der Waals surface area (Å²) in [4.78, 5) is 11.0. The minimum Gasteiger partial charge on any atom is -0.375 e. The molecular weight excluding hydrogens is 405 g/mol. The third-order valence-electron chi connectivity index (χ3n) is 3.53. The van der Waals surface area contributed by atoms with Crippen LogP contribution in [0.15, 0.2) is 47.4 Å². The second-order valence-electron chi connectivity index (χ2n) is 5.71. The fourth-order valence-corrected chi connectivity index (χ4v) is 3.59. The van der Waals surface area contributed by atoms with Crippen molar-refractivity contribution in [2.24, 2.45) is 0 Å². The van der Waals surface area contributed by atoms with Gasteiger partial charge in [0.15, 0.2) is 9.84 Å². The molecule has 0 bridgehead atoms. The maximum atomic E-state index is 13.1. The van der Waals surface area contributed by atoms with E-state index in [0.717, 1.165) is 11.6 Å². The number of alkyl halides is 3. The number of anilines is 1. The lowest BCUT2D eigenvalue weighted by molar-refractivity contribution is -0.139. The lowest BCUT2D eigenvalue weighted by Crippen LogP contribution is -2.30. The van der Waals surface area contributed by atoms with Crippen LogP contribution in [-0.2, 0) is 27.4 Å². The summed E-state index contributed by atoms with van der Waals surface area (Å²) in [5.41, 5.74) is -0.783. The molecule has 146 valence electrons. The molecule has 0 aromatic heterocycles. The highest BCUT2D eigenvalue weighted by Gasteiger charge is 2.37. The highest BCUT2D eigenvalue weighted by Crippen LogP contribution is 2.37. The smallest absolute Gasteiger partial charge is 0.375 e. The second kappa shape index (κ2) is 8.18. The van der Waals surface area contributed by atoms with Gasteiger partial charge in [0.05, 0.1) is 17.8 Å². The zero-order valence-electron chi connectivity index (χ0n) is 14.1. The molecule has 0 spiro atoms. The molecule has 0 atom stereocenters. The third-order valence-corrected chi connectivity index (χ3v) is 4.97. The molecule has 2 rings (SSSR count). The van der Waals surface area contributed by atoms with E-state index in [0.29, 0.717) is 17.3 Å². The van der Waals surface area contributed by atoms with E-state index in [2.05, 4.69) is 10.6 Å². The molecule has 0 radical (unpaired) electrons. The van der Waals surface area contributed by atoms with Crippen molar-refractivity contribution in [2.75, 3.05) is 18.1 Å². The fourth-order valence-electron chi connectivity index (χ4n) is 2.34. The van der Waals surface area contributed by atoms with Gasteiger partial charge in [0.1, 0.15) is 4.90 Å². The summed E-state index contributed by atoms with van der Waals surface area (Å²) in [6.07, 6.45) is -4.16. The van der Waals surface area contributed by atoms with Crippen LogP contribution in [0.5, 0.6) is 0 Å². The highest BCUT2D eigenvalue weighted by molar-refractivity contribution is 7.91. The lowest BCUT2D eigenvalue weighted by Gasteiger charge is -2.16. The molecule has 0 aliphatic rings. The van der Waals surface area contributed by atoms with Gasteiger partial charge < -0.3 is 10.6 Å². The first kappa shape index (κ1) is 21.0. The van der Waals surface area contributed by atoms with Gasteiger partial charge >= 0.3 is 6.18 Å². The maximum absolute atomic E-state index is 13.1. The number of benzene rings is 2. The van der Waals surface area contributed by atoms with Crippen molar-refractivity contribution >= 4 is 33.0 Å². The van der Waals surface area contributed by atoms with Gasteiger partial charge in [0.2, 0.25) is 5.91 Å². The van der Waals surface area contributed by atoms with Crippen molar-refractivity contribution < 1.29 is 26.4 Å². The number of rotatable bonds is 6. The van der Waals surface area contributed by atoms with Crippen molar-refractivity contribution in [1.29, 1.82) is 0 Å². The van der Waals surface area contributed by atoms with Crippen LogP contribution >= 0.6 is 11.6 Å². The van der Waals surface area contributed by atoms with E-state index in [1.54, 1.807) is 24.3 Å². The van der Waals surface area contributed by atoms with Crippen LogP contribution in [0, 0.1) is 0 Å². The minimum absolute atomic E-state index is 0.194. The molecule has 27 heavy (non-hydrogen) atoms. The summed E-state index contributed by atoms with van der Waals surface area (Å²) < 4.78 is 63.0. The Kier molecular flexibility index (Phi) is 6.38. The second-order valence-corrected chi connectivity index (χ2v) is 8.10. The SMILES string of the molecule is CS(=O)(=O)c1c(NCC(=O)NCc2ccc(Cl)cc2)cccc1C(F)(F)F. The molecule has 2 aromatic rings. The van der Waals surface area contributed by atoms with Gasteiger partial charge in [-0.1, -0.05) is 29.8 Å². The molecular formula is C17H16ClF3N2O3S. The Morgan fingerprint density at radius 1 is 1.11 bits per heavy atom. The van der Waals surface area contributed by atoms with Crippen LogP contribution < -0.4 is 10.6 Å². The summed E-state index contributed by atoms with van der Waals surface area (Å²) in [5.74, 6) is -0.512. The predicted molar refractivity (Wildman–Crippen MR) is 96.3 cm³/mol. The number of amides is 1. The first-order valence-electron chi connectivity index (χ1n) is 7.64. The van der Waals surface area contributed by atoms with E-state index in [-0.39, 0.29) is 12.2 Å². The van der Waals surface area contributed by atoms with Crippen LogP contribution in [0.1, 0.15) is 11.1 Å². The van der Waals surface area contributed by atoms with Crippen molar-refractivity contribution in [1.82, 2.24) is 5.32 Å². The Hall–Kier alpha value is -2.26. The summed E-state index contributed by atoms with van der Waals surface area (Å²) in [6, 6.07) is 9.67. The van der Waals surface area contributed by atoms with Gasteiger partial charge in [-0.3, -0.25) is 4.79 Å². The number of carbonyl (C=O) groups excluding carboxylic acids is 1. The van der Waals surface area contributed by atoms with Crippen molar-refractivity contribution in [3.8, 4) is 0 Å². The Labute approximate surface area is 159 Å². The molecule has 1 amide bonds. The van der Waals surface area contributed by atoms with Crippen LogP contribution in [0.3, 0.4) is 0 Å². The molecule has 10 heteroatoms. The maximum Gasteiger partial charge on any atom is 0.417 e. The number of halogens is 4. The fraction of sp³-hybridized carbons (Fsp3) is 0.235. The van der Waals surface area contributed by atoms with E-state index in [4.69, 9.17) is 11.6 Å². The number of sulfone groups is 1. The summed E-state index contributed by atoms with van der Waals surface area (Å²) in [6.45, 7) is -0.198. The zero-order valence-corrected chi connectivity index (χ0v) is 15.7. The molecule has 0 saturated carbocycles. The van der Waals surface area contributed by atoms with Gasteiger partial charge in [-0.25, -0.2) is 8.42 Å². The number of hydrogen-bond donors (Lipinski definition) is 2. The molecule has 5 nitrogen and oxygen atoms in total. The highest BCUT2D eigenvalue weighted by atomic mass is 35.5. The molecule has 0 aliphatic carbocycles. The quantitative estimate of drug-likeness (QED) is 0.750. The average Bonchev–Trinajstić information content (AvgIpc) is 2.57. The van der Waals surface area contributed by atoms with Gasteiger partial charge in [-0.2, -0.15) is 13.2 Å². The Morgan fingerprint density at radius 3 is 2.30 bits per heavy atom. The first-order valence-corrected chi connectivity index (χ1v) is 9.90. The molecule has 0 fully saturated rings. The first-order chi connectivity index (χ1) is 12.5. The zero-order chi connectivity index (χ0) is 20.2. The van der Waals surface area contributed by atoms with Crippen molar-refractivity contribution in [3.05, 3.63) is 58.6 Å². The Balaban J connectivity index is 2.11. The molecule has 0 unspecified atom stereocenters. The van der Waals surface area contributed by atoms with Gasteiger partial charge in [-0.05, 0) is 29.8 Å². The van der Waals surface area contributed by atoms with E-state index in [1.165, 1.54) is 6.07 Å². The van der Waals surface area contributed by atoms with Crippen LogP contribution in [0.4, 0.5) is 18.9 Å². The number of nitrogens with one attached hydrogen (secondary N) is 2. The Morgan fingerprint density at radius 2 is 1.74 bits per heavy atom. The molecule has 0 aliphatic heterocycles. The number of hydrogen-bond acceptors (Lipinski definition) is 4. The lowest BCUT2D eigenvalue weighted by atomic mass is 10.2. The van der Waals surface area contributed by atoms with Crippen LogP contribution in [0.25, 0.3) is 0 Å². The van der Waals surface area contributed by atoms with Crippen molar-refractivity contribution in [2.45, 2.75) is 17.6 Å². The standard InChI is InChI=1S/C17H16ClF3N2O3S/c1-27(25,26)16-13(17(19,20)21)3-2-4-14(16)22-10-15(24)23-9-11-5-7-12(18)8-6-11/h2-8,22H,9-10H2,1H3,(H,23,24). The van der Waals surface area contributed by atoms with Gasteiger partial charge in [0, 0.05) is 17.8 Å². The molecule has 0 saturated heterocycles. The van der Waals surface area contributed by atoms with Crippen molar-refractivity contribution in [3.63, 3.8) is 0 Å². The summed E-state index contributed by atoms with van der Waals surface area (Å²) in [7, 11) is -4.18. The van der Waals surface area contributed by atoms with E-state index >= 15 is 0 Å². The predicted octanol–water partition coefficient (Wildman–Crippen LogP) is 3.49. The van der Waals surface area contributed by atoms with Gasteiger partial charge in [0.25, 0.3) is 0 Å². The van der Waals surface area contributed by atoms with Crippen LogP contribution in [0.2, 0.25) is 5.02 Å². The van der Waals surface area contributed by atoms with E-state index in [9.17, 15) is 26.4 Å².